The van der Waals surface area contributed by atoms with Crippen LogP contribution in [0, 0.1) is 11.8 Å². The molecule has 4 atom stereocenters. The van der Waals surface area contributed by atoms with Gasteiger partial charge < -0.3 is 10.2 Å². The zero-order valence-electron chi connectivity index (χ0n) is 10.7. The number of amides is 1. The van der Waals surface area contributed by atoms with Crippen LogP contribution >= 0.6 is 0 Å². The Morgan fingerprint density at radius 3 is 2.25 bits per heavy atom. The number of hydrogen-bond acceptors (Lipinski definition) is 2. The van der Waals surface area contributed by atoms with Gasteiger partial charge in [-0.05, 0) is 45.6 Å². The molecule has 0 radical (unpaired) electrons. The molecule has 92 valence electrons. The van der Waals surface area contributed by atoms with Gasteiger partial charge in [-0.15, -0.1) is 0 Å². The Balaban J connectivity index is 2.07. The number of piperidine rings is 1. The quantitative estimate of drug-likeness (QED) is 0.734. The number of carbonyl (C=O) groups is 1. The zero-order valence-corrected chi connectivity index (χ0v) is 10.7. The van der Waals surface area contributed by atoms with Gasteiger partial charge in [0.15, 0.2) is 0 Å². The van der Waals surface area contributed by atoms with Gasteiger partial charge in [0, 0.05) is 18.6 Å². The molecule has 0 aromatic rings. The number of nitrogens with one attached hydrogen (secondary N) is 1. The number of likely N-dealkylation sites (tertiary alicyclic amines) is 1. The van der Waals surface area contributed by atoms with E-state index < -0.39 is 0 Å². The topological polar surface area (TPSA) is 32.3 Å². The first-order valence-electron chi connectivity index (χ1n) is 6.64. The number of hydrogen-bond donors (Lipinski definition) is 1. The van der Waals surface area contributed by atoms with Crippen molar-refractivity contribution in [1.29, 1.82) is 0 Å². The fraction of sp³-hybridized carbons (Fsp3) is 0.923. The Morgan fingerprint density at radius 2 is 1.75 bits per heavy atom. The first-order valence-corrected chi connectivity index (χ1v) is 6.64. The number of rotatable bonds is 1. The monoisotopic (exact) mass is 224 g/mol. The van der Waals surface area contributed by atoms with Gasteiger partial charge in [0.1, 0.15) is 0 Å². The third-order valence-corrected chi connectivity index (χ3v) is 4.28. The highest BCUT2D eigenvalue weighted by Gasteiger charge is 2.37. The summed E-state index contributed by atoms with van der Waals surface area (Å²) in [5.41, 5.74) is 0. The SMILES string of the molecule is C[C@@H]1CNC[C@H]1C(=O)N1[C@H](C)CCC[C@@H]1C. The summed E-state index contributed by atoms with van der Waals surface area (Å²) in [5, 5.41) is 3.32. The normalized spacial score (nSPS) is 40.1. The van der Waals surface area contributed by atoms with E-state index in [9.17, 15) is 4.79 Å². The molecular weight excluding hydrogens is 200 g/mol. The molecular formula is C13H24N2O. The maximum atomic E-state index is 12.5. The summed E-state index contributed by atoms with van der Waals surface area (Å²) in [6.45, 7) is 8.44. The van der Waals surface area contributed by atoms with Crippen molar-refractivity contribution in [2.45, 2.75) is 52.1 Å². The zero-order chi connectivity index (χ0) is 11.7. The summed E-state index contributed by atoms with van der Waals surface area (Å²) in [4.78, 5) is 14.7. The van der Waals surface area contributed by atoms with Crippen molar-refractivity contribution >= 4 is 5.91 Å². The van der Waals surface area contributed by atoms with Crippen LogP contribution in [0.2, 0.25) is 0 Å². The molecule has 2 fully saturated rings. The molecule has 0 saturated carbocycles. The summed E-state index contributed by atoms with van der Waals surface area (Å²) in [7, 11) is 0. The van der Waals surface area contributed by atoms with Gasteiger partial charge in [-0.3, -0.25) is 4.79 Å². The summed E-state index contributed by atoms with van der Waals surface area (Å²) in [6.07, 6.45) is 3.61. The Morgan fingerprint density at radius 1 is 1.12 bits per heavy atom. The highest BCUT2D eigenvalue weighted by molar-refractivity contribution is 5.80. The smallest absolute Gasteiger partial charge is 0.227 e. The van der Waals surface area contributed by atoms with Gasteiger partial charge in [0.25, 0.3) is 0 Å². The average molecular weight is 224 g/mol. The van der Waals surface area contributed by atoms with Crippen molar-refractivity contribution in [1.82, 2.24) is 10.2 Å². The number of nitrogens with zero attached hydrogens (tertiary/aromatic N) is 1. The molecule has 3 nitrogen and oxygen atoms in total. The van der Waals surface area contributed by atoms with Crippen molar-refractivity contribution in [2.24, 2.45) is 11.8 Å². The Labute approximate surface area is 98.6 Å². The van der Waals surface area contributed by atoms with E-state index in [-0.39, 0.29) is 5.92 Å². The highest BCUT2D eigenvalue weighted by atomic mass is 16.2. The van der Waals surface area contributed by atoms with E-state index >= 15 is 0 Å². The highest BCUT2D eigenvalue weighted by Crippen LogP contribution is 2.27. The second-order valence-electron chi connectivity index (χ2n) is 5.62. The van der Waals surface area contributed by atoms with Gasteiger partial charge in [-0.25, -0.2) is 0 Å². The van der Waals surface area contributed by atoms with Crippen LogP contribution in [0.1, 0.15) is 40.0 Å². The lowest BCUT2D eigenvalue weighted by Crippen LogP contribution is -2.51. The van der Waals surface area contributed by atoms with E-state index in [4.69, 9.17) is 0 Å². The van der Waals surface area contributed by atoms with Crippen molar-refractivity contribution in [3.8, 4) is 0 Å². The minimum atomic E-state index is 0.211. The van der Waals surface area contributed by atoms with Crippen molar-refractivity contribution < 1.29 is 4.79 Å². The molecule has 2 saturated heterocycles. The van der Waals surface area contributed by atoms with Crippen LogP contribution in [0.4, 0.5) is 0 Å². The maximum absolute atomic E-state index is 12.5. The Hall–Kier alpha value is -0.570. The van der Waals surface area contributed by atoms with Gasteiger partial charge >= 0.3 is 0 Å². The van der Waals surface area contributed by atoms with E-state index in [1.165, 1.54) is 19.3 Å². The largest absolute Gasteiger partial charge is 0.337 e. The lowest BCUT2D eigenvalue weighted by Gasteiger charge is -2.41. The van der Waals surface area contributed by atoms with E-state index in [0.29, 0.717) is 23.9 Å². The molecule has 0 aliphatic carbocycles. The van der Waals surface area contributed by atoms with Gasteiger partial charge in [-0.1, -0.05) is 6.92 Å². The lowest BCUT2D eigenvalue weighted by molar-refractivity contribution is -0.142. The molecule has 2 heterocycles. The third kappa shape index (κ3) is 2.10. The molecule has 0 bridgehead atoms. The van der Waals surface area contributed by atoms with Crippen LogP contribution in [-0.4, -0.2) is 36.0 Å². The Bertz CT molecular complexity index is 257. The number of carbonyl (C=O) groups excluding carboxylic acids is 1. The summed E-state index contributed by atoms with van der Waals surface area (Å²) in [6, 6.07) is 0.869. The van der Waals surface area contributed by atoms with Gasteiger partial charge in [0.05, 0.1) is 5.92 Å². The van der Waals surface area contributed by atoms with Gasteiger partial charge in [-0.2, -0.15) is 0 Å². The fourth-order valence-corrected chi connectivity index (χ4v) is 3.19. The minimum absolute atomic E-state index is 0.211. The van der Waals surface area contributed by atoms with Crippen LogP contribution in [0.5, 0.6) is 0 Å². The van der Waals surface area contributed by atoms with E-state index in [1.807, 2.05) is 0 Å². The third-order valence-electron chi connectivity index (χ3n) is 4.28. The average Bonchev–Trinajstić information content (AvgIpc) is 2.64. The predicted octanol–water partition coefficient (Wildman–Crippen LogP) is 1.63. The molecule has 3 heteroatoms. The molecule has 2 aliphatic heterocycles. The molecule has 0 aromatic heterocycles. The predicted molar refractivity (Wildman–Crippen MR) is 65.1 cm³/mol. The van der Waals surface area contributed by atoms with E-state index in [0.717, 1.165) is 13.1 Å². The fourth-order valence-electron chi connectivity index (χ4n) is 3.19. The Kier molecular flexibility index (Phi) is 3.53. The molecule has 1 N–H and O–H groups in total. The molecule has 2 aliphatic rings. The molecule has 2 rings (SSSR count). The van der Waals surface area contributed by atoms with Crippen molar-refractivity contribution in [2.75, 3.05) is 13.1 Å². The van der Waals surface area contributed by atoms with Crippen molar-refractivity contribution in [3.05, 3.63) is 0 Å². The lowest BCUT2D eigenvalue weighted by atomic mass is 9.91. The molecule has 1 amide bonds. The van der Waals surface area contributed by atoms with Crippen LogP contribution < -0.4 is 5.32 Å². The second kappa shape index (κ2) is 4.74. The van der Waals surface area contributed by atoms with Crippen LogP contribution in [0.25, 0.3) is 0 Å². The van der Waals surface area contributed by atoms with E-state index in [2.05, 4.69) is 31.0 Å². The molecule has 0 spiro atoms. The summed E-state index contributed by atoms with van der Waals surface area (Å²) in [5.74, 6) is 1.09. The summed E-state index contributed by atoms with van der Waals surface area (Å²) >= 11 is 0. The van der Waals surface area contributed by atoms with Crippen LogP contribution in [0.3, 0.4) is 0 Å². The first kappa shape index (κ1) is 11.9. The first-order chi connectivity index (χ1) is 7.61. The maximum Gasteiger partial charge on any atom is 0.227 e. The van der Waals surface area contributed by atoms with Crippen molar-refractivity contribution in [3.63, 3.8) is 0 Å². The molecule has 0 unspecified atom stereocenters. The molecule has 16 heavy (non-hydrogen) atoms. The standard InChI is InChI=1S/C13H24N2O/c1-9-7-14-8-12(9)13(16)15-10(2)5-4-6-11(15)3/h9-12,14H,4-8H2,1-3H3/t9-,10-,11+,12-/m1/s1. The van der Waals surface area contributed by atoms with Crippen LogP contribution in [-0.2, 0) is 4.79 Å². The van der Waals surface area contributed by atoms with Gasteiger partial charge in [0.2, 0.25) is 5.91 Å². The molecule has 0 aromatic carbocycles. The minimum Gasteiger partial charge on any atom is -0.337 e. The second-order valence-corrected chi connectivity index (χ2v) is 5.62. The summed E-state index contributed by atoms with van der Waals surface area (Å²) < 4.78 is 0. The van der Waals surface area contributed by atoms with E-state index in [1.54, 1.807) is 0 Å². The van der Waals surface area contributed by atoms with Crippen LogP contribution in [0.15, 0.2) is 0 Å².